The number of carbonyl (C=O) groups excluding carboxylic acids is 3. The highest BCUT2D eigenvalue weighted by Crippen LogP contribution is 2.31. The van der Waals surface area contributed by atoms with Gasteiger partial charge in [-0.1, -0.05) is 19.3 Å². The molecule has 7 nitrogen and oxygen atoms in total. The molecule has 0 bridgehead atoms. The molecule has 25 heavy (non-hydrogen) atoms. The Bertz CT molecular complexity index is 514. The van der Waals surface area contributed by atoms with E-state index in [1.54, 1.807) is 25.7 Å². The fourth-order valence-electron chi connectivity index (χ4n) is 3.66. The molecule has 142 valence electrons. The summed E-state index contributed by atoms with van der Waals surface area (Å²) >= 11 is 0. The second kappa shape index (κ2) is 8.06. The van der Waals surface area contributed by atoms with Crippen LogP contribution in [-0.2, 0) is 19.1 Å². The molecule has 2 amide bonds. The maximum atomic E-state index is 13.1. The van der Waals surface area contributed by atoms with E-state index in [9.17, 15) is 14.4 Å². The Hall–Kier alpha value is -1.79. The number of esters is 1. The van der Waals surface area contributed by atoms with Crippen molar-refractivity contribution in [3.63, 3.8) is 0 Å². The molecule has 2 saturated heterocycles. The molecule has 0 aromatic carbocycles. The van der Waals surface area contributed by atoms with E-state index in [4.69, 9.17) is 9.47 Å². The Morgan fingerprint density at radius 1 is 1.08 bits per heavy atom. The number of rotatable bonds is 2. The summed E-state index contributed by atoms with van der Waals surface area (Å²) in [6.45, 7) is 5.34. The third kappa shape index (κ3) is 5.09. The summed E-state index contributed by atoms with van der Waals surface area (Å²) in [6, 6.07) is -1.18. The lowest BCUT2D eigenvalue weighted by atomic mass is 10.1. The van der Waals surface area contributed by atoms with Crippen LogP contribution in [0.1, 0.15) is 65.7 Å². The molecule has 1 N–H and O–H groups in total. The van der Waals surface area contributed by atoms with E-state index in [-0.39, 0.29) is 17.9 Å². The Morgan fingerprint density at radius 3 is 2.40 bits per heavy atom. The number of nitrogens with zero attached hydrogens (tertiary/aromatic N) is 1. The number of alkyl carbamates (subject to hydrolysis) is 1. The Labute approximate surface area is 149 Å². The van der Waals surface area contributed by atoms with Gasteiger partial charge in [0.15, 0.2) is 0 Å². The van der Waals surface area contributed by atoms with Crippen LogP contribution in [0.4, 0.5) is 4.79 Å². The number of hydrogen-bond donors (Lipinski definition) is 1. The molecule has 2 aliphatic heterocycles. The van der Waals surface area contributed by atoms with Crippen molar-refractivity contribution in [2.45, 2.75) is 89.4 Å². The molecule has 0 aromatic rings. The van der Waals surface area contributed by atoms with Crippen molar-refractivity contribution in [3.05, 3.63) is 0 Å². The maximum absolute atomic E-state index is 13.1. The van der Waals surface area contributed by atoms with Gasteiger partial charge in [-0.25, -0.2) is 9.59 Å². The van der Waals surface area contributed by atoms with Gasteiger partial charge in [0.1, 0.15) is 17.7 Å². The van der Waals surface area contributed by atoms with Crippen molar-refractivity contribution in [2.75, 3.05) is 7.11 Å². The number of nitrogens with one attached hydrogen (secondary N) is 1. The molecule has 0 spiro atoms. The zero-order chi connectivity index (χ0) is 18.6. The van der Waals surface area contributed by atoms with Crippen LogP contribution in [0, 0.1) is 0 Å². The van der Waals surface area contributed by atoms with Gasteiger partial charge in [0, 0.05) is 6.04 Å². The molecule has 0 aliphatic carbocycles. The lowest BCUT2D eigenvalue weighted by molar-refractivity contribution is -0.153. The van der Waals surface area contributed by atoms with E-state index in [0.29, 0.717) is 12.8 Å². The molecular weight excluding hydrogens is 324 g/mol. The summed E-state index contributed by atoms with van der Waals surface area (Å²) in [6.07, 6.45) is 5.13. The number of amides is 2. The molecule has 2 rings (SSSR count). The van der Waals surface area contributed by atoms with Crippen LogP contribution in [0.3, 0.4) is 0 Å². The SMILES string of the molecule is COC(=O)[C@@H]1CC[C@@H]2CCCCC[C@H](NC(=O)OC(C)(C)C)C(=O)N21. The van der Waals surface area contributed by atoms with Gasteiger partial charge in [0.2, 0.25) is 5.91 Å². The van der Waals surface area contributed by atoms with Gasteiger partial charge in [0.05, 0.1) is 7.11 Å². The first-order chi connectivity index (χ1) is 11.7. The summed E-state index contributed by atoms with van der Waals surface area (Å²) in [4.78, 5) is 39.0. The van der Waals surface area contributed by atoms with E-state index in [1.165, 1.54) is 7.11 Å². The second-order valence-electron chi connectivity index (χ2n) is 7.85. The van der Waals surface area contributed by atoms with E-state index in [1.807, 2.05) is 0 Å². The molecule has 0 radical (unpaired) electrons. The zero-order valence-corrected chi connectivity index (χ0v) is 15.7. The van der Waals surface area contributed by atoms with Crippen molar-refractivity contribution < 1.29 is 23.9 Å². The topological polar surface area (TPSA) is 84.9 Å². The number of hydrogen-bond acceptors (Lipinski definition) is 5. The molecule has 7 heteroatoms. The fourth-order valence-corrected chi connectivity index (χ4v) is 3.66. The average molecular weight is 354 g/mol. The minimum Gasteiger partial charge on any atom is -0.467 e. The third-order valence-corrected chi connectivity index (χ3v) is 4.75. The fraction of sp³-hybridized carbons (Fsp3) is 0.833. The third-order valence-electron chi connectivity index (χ3n) is 4.75. The van der Waals surface area contributed by atoms with Gasteiger partial charge in [-0.2, -0.15) is 0 Å². The van der Waals surface area contributed by atoms with Gasteiger partial charge in [-0.05, 0) is 46.5 Å². The summed E-state index contributed by atoms with van der Waals surface area (Å²) in [5.74, 6) is -0.586. The average Bonchev–Trinajstić information content (AvgIpc) is 2.95. The minimum atomic E-state index is -0.666. The predicted molar refractivity (Wildman–Crippen MR) is 91.9 cm³/mol. The van der Waals surface area contributed by atoms with E-state index in [0.717, 1.165) is 32.1 Å². The van der Waals surface area contributed by atoms with Crippen molar-refractivity contribution in [1.29, 1.82) is 0 Å². The molecule has 0 unspecified atom stereocenters. The lowest BCUT2D eigenvalue weighted by Crippen LogP contribution is -2.54. The van der Waals surface area contributed by atoms with Gasteiger partial charge in [-0.3, -0.25) is 4.79 Å². The summed E-state index contributed by atoms with van der Waals surface area (Å²) < 4.78 is 10.2. The van der Waals surface area contributed by atoms with E-state index >= 15 is 0 Å². The number of methoxy groups -OCH3 is 1. The van der Waals surface area contributed by atoms with Gasteiger partial charge < -0.3 is 19.7 Å². The Balaban J connectivity index is 2.16. The van der Waals surface area contributed by atoms with Gasteiger partial charge >= 0.3 is 12.1 Å². The summed E-state index contributed by atoms with van der Waals surface area (Å²) in [5.41, 5.74) is -0.629. The minimum absolute atomic E-state index is 0.0395. The normalized spacial score (nSPS) is 27.6. The molecule has 0 aromatic heterocycles. The van der Waals surface area contributed by atoms with Crippen molar-refractivity contribution in [2.24, 2.45) is 0 Å². The molecule has 2 fully saturated rings. The quantitative estimate of drug-likeness (QED) is 0.770. The highest BCUT2D eigenvalue weighted by Gasteiger charge is 2.44. The Kier molecular flexibility index (Phi) is 6.30. The summed E-state index contributed by atoms with van der Waals surface area (Å²) in [7, 11) is 1.34. The highest BCUT2D eigenvalue weighted by molar-refractivity contribution is 5.90. The van der Waals surface area contributed by atoms with Crippen LogP contribution in [-0.4, -0.2) is 53.7 Å². The van der Waals surface area contributed by atoms with Crippen LogP contribution < -0.4 is 5.32 Å². The first-order valence-electron chi connectivity index (χ1n) is 9.12. The van der Waals surface area contributed by atoms with E-state index in [2.05, 4.69) is 5.32 Å². The first-order valence-corrected chi connectivity index (χ1v) is 9.12. The second-order valence-corrected chi connectivity index (χ2v) is 7.85. The number of ether oxygens (including phenoxy) is 2. The van der Waals surface area contributed by atoms with E-state index < -0.39 is 23.8 Å². The van der Waals surface area contributed by atoms with Crippen LogP contribution in [0.15, 0.2) is 0 Å². The maximum Gasteiger partial charge on any atom is 0.408 e. The first kappa shape index (κ1) is 19.5. The molecule has 2 aliphatic rings. The molecule has 0 saturated carbocycles. The number of carbonyl (C=O) groups is 3. The van der Waals surface area contributed by atoms with Crippen molar-refractivity contribution >= 4 is 18.0 Å². The van der Waals surface area contributed by atoms with Crippen LogP contribution in [0.25, 0.3) is 0 Å². The monoisotopic (exact) mass is 354 g/mol. The molecule has 3 atom stereocenters. The van der Waals surface area contributed by atoms with Crippen molar-refractivity contribution in [3.8, 4) is 0 Å². The van der Waals surface area contributed by atoms with Gasteiger partial charge in [0.25, 0.3) is 0 Å². The largest absolute Gasteiger partial charge is 0.467 e. The standard InChI is InChI=1S/C18H30N2O5/c1-18(2,3)25-17(23)19-13-9-7-5-6-8-12-10-11-14(16(22)24-4)20(12)15(13)21/h12-14H,5-11H2,1-4H3,(H,19,23)/t12-,13-,14-/m0/s1. The summed E-state index contributed by atoms with van der Waals surface area (Å²) in [5, 5.41) is 2.71. The van der Waals surface area contributed by atoms with Crippen LogP contribution in [0.5, 0.6) is 0 Å². The van der Waals surface area contributed by atoms with Crippen molar-refractivity contribution in [1.82, 2.24) is 10.2 Å². The predicted octanol–water partition coefficient (Wildman–Crippen LogP) is 2.38. The molecular formula is C18H30N2O5. The highest BCUT2D eigenvalue weighted by atomic mass is 16.6. The Morgan fingerprint density at radius 2 is 1.76 bits per heavy atom. The van der Waals surface area contributed by atoms with Crippen LogP contribution in [0.2, 0.25) is 0 Å². The number of fused-ring (bicyclic) bond motifs is 1. The zero-order valence-electron chi connectivity index (χ0n) is 15.7. The van der Waals surface area contributed by atoms with Gasteiger partial charge in [-0.15, -0.1) is 0 Å². The molecule has 2 heterocycles. The lowest BCUT2D eigenvalue weighted by Gasteiger charge is -2.32. The smallest absolute Gasteiger partial charge is 0.408 e. The van der Waals surface area contributed by atoms with Crippen LogP contribution >= 0.6 is 0 Å².